The van der Waals surface area contributed by atoms with Crippen LogP contribution in [0.25, 0.3) is 0 Å². The summed E-state index contributed by atoms with van der Waals surface area (Å²) in [6, 6.07) is 12.6. The lowest BCUT2D eigenvalue weighted by Gasteiger charge is -2.11. The average molecular weight is 506 g/mol. The van der Waals surface area contributed by atoms with Crippen LogP contribution in [0.5, 0.6) is 11.5 Å². The Morgan fingerprint density at radius 3 is 2.42 bits per heavy atom. The van der Waals surface area contributed by atoms with Gasteiger partial charge in [-0.15, -0.1) is 11.3 Å². The van der Waals surface area contributed by atoms with Crippen LogP contribution in [-0.2, 0) is 9.59 Å². The van der Waals surface area contributed by atoms with Gasteiger partial charge in [0, 0.05) is 11.3 Å². The molecule has 8 nitrogen and oxygen atoms in total. The van der Waals surface area contributed by atoms with Crippen LogP contribution in [0.3, 0.4) is 0 Å². The van der Waals surface area contributed by atoms with Gasteiger partial charge in [-0.1, -0.05) is 29.3 Å². The number of benzene rings is 2. The van der Waals surface area contributed by atoms with Crippen LogP contribution < -0.4 is 20.2 Å². The molecule has 0 saturated carbocycles. The normalized spacial score (nSPS) is 11.0. The Morgan fingerprint density at radius 1 is 0.970 bits per heavy atom. The van der Waals surface area contributed by atoms with Gasteiger partial charge in [0.2, 0.25) is 0 Å². The van der Waals surface area contributed by atoms with Crippen molar-refractivity contribution >= 4 is 63.7 Å². The Morgan fingerprint density at radius 2 is 1.76 bits per heavy atom. The molecule has 11 heteroatoms. The fourth-order valence-corrected chi connectivity index (χ4v) is 3.43. The zero-order chi connectivity index (χ0) is 24.0. The third kappa shape index (κ3) is 6.32. The maximum Gasteiger partial charge on any atom is 0.353 e. The highest BCUT2D eigenvalue weighted by Gasteiger charge is 2.16. The first-order valence-corrected chi connectivity index (χ1v) is 11.0. The van der Waals surface area contributed by atoms with Crippen molar-refractivity contribution in [1.29, 1.82) is 0 Å². The number of nitrogens with one attached hydrogen (secondary N) is 2. The van der Waals surface area contributed by atoms with E-state index >= 15 is 0 Å². The average Bonchev–Trinajstić information content (AvgIpc) is 3.35. The maximum absolute atomic E-state index is 12.2. The lowest BCUT2D eigenvalue weighted by Crippen LogP contribution is -2.32. The van der Waals surface area contributed by atoms with Crippen LogP contribution in [0, 0.1) is 0 Å². The molecule has 0 spiro atoms. The highest BCUT2D eigenvalue weighted by molar-refractivity contribution is 7.12. The van der Waals surface area contributed by atoms with Crippen molar-refractivity contribution in [2.45, 2.75) is 6.92 Å². The van der Waals surface area contributed by atoms with E-state index in [2.05, 4.69) is 15.8 Å². The molecule has 0 bridgehead atoms. The van der Waals surface area contributed by atoms with Gasteiger partial charge in [0.05, 0.1) is 22.9 Å². The van der Waals surface area contributed by atoms with Gasteiger partial charge in [0.1, 0.15) is 4.88 Å². The van der Waals surface area contributed by atoms with E-state index in [0.717, 1.165) is 0 Å². The molecule has 0 radical (unpaired) electrons. The van der Waals surface area contributed by atoms with E-state index in [4.69, 9.17) is 32.7 Å². The molecule has 2 N–H and O–H groups in total. The molecule has 0 aliphatic carbocycles. The van der Waals surface area contributed by atoms with Gasteiger partial charge >= 0.3 is 17.8 Å². The molecule has 1 aromatic heterocycles. The minimum Gasteiger partial charge on any atom is -0.493 e. The quantitative estimate of drug-likeness (QED) is 0.165. The largest absolute Gasteiger partial charge is 0.493 e. The summed E-state index contributed by atoms with van der Waals surface area (Å²) in [4.78, 5) is 36.8. The number of amides is 2. The van der Waals surface area contributed by atoms with Crippen LogP contribution in [0.15, 0.2) is 59.0 Å². The molecule has 3 rings (SSSR count). The SMILES string of the molecule is COc1cc(/C(C)=N/NC(=O)C(=O)Nc2ccc(Cl)c(Cl)c2)ccc1OC(=O)c1cccs1. The highest BCUT2D eigenvalue weighted by Crippen LogP contribution is 2.29. The second-order valence-corrected chi connectivity index (χ2v) is 8.22. The fraction of sp³-hybridized carbons (Fsp3) is 0.0909. The zero-order valence-corrected chi connectivity index (χ0v) is 19.7. The molecule has 170 valence electrons. The third-order valence-corrected chi connectivity index (χ3v) is 5.80. The Bertz CT molecular complexity index is 1230. The summed E-state index contributed by atoms with van der Waals surface area (Å²) in [5.41, 5.74) is 3.46. The zero-order valence-electron chi connectivity index (χ0n) is 17.3. The molecular weight excluding hydrogens is 489 g/mol. The molecule has 0 fully saturated rings. The predicted molar refractivity (Wildman–Crippen MR) is 128 cm³/mol. The van der Waals surface area contributed by atoms with E-state index in [1.54, 1.807) is 42.6 Å². The molecule has 33 heavy (non-hydrogen) atoms. The van der Waals surface area contributed by atoms with Crippen LogP contribution in [0.1, 0.15) is 22.2 Å². The van der Waals surface area contributed by atoms with Crippen molar-refractivity contribution < 1.29 is 23.9 Å². The van der Waals surface area contributed by atoms with Gasteiger partial charge in [-0.25, -0.2) is 10.2 Å². The van der Waals surface area contributed by atoms with Gasteiger partial charge < -0.3 is 14.8 Å². The smallest absolute Gasteiger partial charge is 0.353 e. The number of nitrogens with zero attached hydrogens (tertiary/aromatic N) is 1. The first-order chi connectivity index (χ1) is 15.8. The summed E-state index contributed by atoms with van der Waals surface area (Å²) in [6.45, 7) is 1.63. The Kier molecular flexibility index (Phi) is 8.05. The van der Waals surface area contributed by atoms with Gasteiger partial charge in [-0.05, 0) is 54.8 Å². The van der Waals surface area contributed by atoms with Crippen molar-refractivity contribution in [3.05, 3.63) is 74.4 Å². The van der Waals surface area contributed by atoms with Crippen molar-refractivity contribution in [2.24, 2.45) is 5.10 Å². The molecule has 0 aliphatic heterocycles. The number of thiophene rings is 1. The number of methoxy groups -OCH3 is 1. The first-order valence-electron chi connectivity index (χ1n) is 9.33. The Hall–Kier alpha value is -3.40. The molecule has 2 aromatic carbocycles. The van der Waals surface area contributed by atoms with Crippen molar-refractivity contribution in [3.8, 4) is 11.5 Å². The molecule has 3 aromatic rings. The van der Waals surface area contributed by atoms with E-state index in [1.807, 2.05) is 0 Å². The number of halogens is 2. The van der Waals surface area contributed by atoms with Gasteiger partial charge in [0.25, 0.3) is 0 Å². The molecule has 1 heterocycles. The van der Waals surface area contributed by atoms with Crippen molar-refractivity contribution in [2.75, 3.05) is 12.4 Å². The predicted octanol–water partition coefficient (Wildman–Crippen LogP) is 4.76. The maximum atomic E-state index is 12.2. The number of hydrogen-bond donors (Lipinski definition) is 2. The number of rotatable bonds is 6. The number of carbonyl (C=O) groups is 3. The first kappa shape index (κ1) is 24.2. The topological polar surface area (TPSA) is 106 Å². The summed E-state index contributed by atoms with van der Waals surface area (Å²) in [6.07, 6.45) is 0. The summed E-state index contributed by atoms with van der Waals surface area (Å²) in [5, 5.41) is 8.67. The number of anilines is 1. The van der Waals surface area contributed by atoms with Crippen LogP contribution >= 0.6 is 34.5 Å². The van der Waals surface area contributed by atoms with Gasteiger partial charge in [0.15, 0.2) is 11.5 Å². The van der Waals surface area contributed by atoms with Crippen molar-refractivity contribution in [1.82, 2.24) is 5.43 Å². The Labute approximate surface area is 203 Å². The second-order valence-electron chi connectivity index (χ2n) is 6.45. The summed E-state index contributed by atoms with van der Waals surface area (Å²) in [7, 11) is 1.43. The molecular formula is C22H17Cl2N3O5S. The number of esters is 1. The number of carbonyl (C=O) groups excluding carboxylic acids is 3. The number of hydrogen-bond acceptors (Lipinski definition) is 7. The molecule has 0 atom stereocenters. The van der Waals surface area contributed by atoms with E-state index in [1.165, 1.54) is 36.6 Å². The second kappa shape index (κ2) is 11.0. The van der Waals surface area contributed by atoms with Crippen LogP contribution in [-0.4, -0.2) is 30.6 Å². The lowest BCUT2D eigenvalue weighted by molar-refractivity contribution is -0.136. The lowest BCUT2D eigenvalue weighted by atomic mass is 10.1. The minimum atomic E-state index is -0.978. The molecule has 0 unspecified atom stereocenters. The van der Waals surface area contributed by atoms with Gasteiger partial charge in [-0.2, -0.15) is 5.10 Å². The molecule has 0 saturated heterocycles. The van der Waals surface area contributed by atoms with E-state index in [0.29, 0.717) is 32.6 Å². The molecule has 0 aliphatic rings. The summed E-state index contributed by atoms with van der Waals surface area (Å²) in [5.74, 6) is -1.87. The standard InChI is InChI=1S/C22H17Cl2N3O5S/c1-12(26-27-21(29)20(28)25-14-6-7-15(23)16(24)11-14)13-5-8-17(18(10-13)31-2)32-22(30)19-4-3-9-33-19/h3-11H,1-2H3,(H,25,28)(H,27,29)/b26-12+. The van der Waals surface area contributed by atoms with Crippen molar-refractivity contribution in [3.63, 3.8) is 0 Å². The van der Waals surface area contributed by atoms with Crippen LogP contribution in [0.4, 0.5) is 5.69 Å². The fourth-order valence-electron chi connectivity index (χ4n) is 2.53. The number of ether oxygens (including phenoxy) is 2. The molecule has 2 amide bonds. The van der Waals surface area contributed by atoms with E-state index in [9.17, 15) is 14.4 Å². The Balaban J connectivity index is 1.65. The van der Waals surface area contributed by atoms with E-state index < -0.39 is 17.8 Å². The van der Waals surface area contributed by atoms with Crippen LogP contribution in [0.2, 0.25) is 10.0 Å². The minimum absolute atomic E-state index is 0.234. The summed E-state index contributed by atoms with van der Waals surface area (Å²) >= 11 is 13.0. The summed E-state index contributed by atoms with van der Waals surface area (Å²) < 4.78 is 10.7. The third-order valence-electron chi connectivity index (χ3n) is 4.22. The number of hydrazone groups is 1. The van der Waals surface area contributed by atoms with Gasteiger partial charge in [-0.3, -0.25) is 9.59 Å². The van der Waals surface area contributed by atoms with E-state index in [-0.39, 0.29) is 10.8 Å². The highest BCUT2D eigenvalue weighted by atomic mass is 35.5. The monoisotopic (exact) mass is 505 g/mol.